The van der Waals surface area contributed by atoms with Gasteiger partial charge in [-0.25, -0.2) is 4.98 Å². The molecule has 0 radical (unpaired) electrons. The molecule has 2 heterocycles. The van der Waals surface area contributed by atoms with Crippen LogP contribution in [-0.2, 0) is 0 Å². The first-order valence-corrected chi connectivity index (χ1v) is 5.23. The molecule has 0 aliphatic carbocycles. The molecule has 3 nitrogen and oxygen atoms in total. The Morgan fingerprint density at radius 2 is 1.75 bits per heavy atom. The normalized spacial score (nSPS) is 10.2. The second-order valence-corrected chi connectivity index (χ2v) is 4.02. The molecule has 0 aliphatic heterocycles. The highest BCUT2D eigenvalue weighted by Crippen LogP contribution is 2.18. The van der Waals surface area contributed by atoms with Crippen molar-refractivity contribution >= 4 is 5.82 Å². The predicted molar refractivity (Wildman–Crippen MR) is 66.5 cm³/mol. The molecule has 0 bridgehead atoms. The monoisotopic (exact) mass is 213 g/mol. The lowest BCUT2D eigenvalue weighted by Gasteiger charge is -2.11. The summed E-state index contributed by atoms with van der Waals surface area (Å²) >= 11 is 0. The molecule has 0 N–H and O–H groups in total. The van der Waals surface area contributed by atoms with Gasteiger partial charge in [0.25, 0.3) is 0 Å². The van der Waals surface area contributed by atoms with Crippen LogP contribution in [0.1, 0.15) is 5.56 Å². The number of pyridine rings is 2. The maximum absolute atomic E-state index is 4.37. The number of hydrogen-bond donors (Lipinski definition) is 0. The van der Waals surface area contributed by atoms with Crippen LogP contribution in [0.2, 0.25) is 0 Å². The third-order valence-electron chi connectivity index (χ3n) is 2.41. The van der Waals surface area contributed by atoms with Crippen molar-refractivity contribution in [3.63, 3.8) is 0 Å². The van der Waals surface area contributed by atoms with Crippen LogP contribution in [0.3, 0.4) is 0 Å². The lowest BCUT2D eigenvalue weighted by Crippen LogP contribution is -2.10. The van der Waals surface area contributed by atoms with Gasteiger partial charge in [0.2, 0.25) is 0 Å². The van der Waals surface area contributed by atoms with Crippen molar-refractivity contribution in [2.45, 2.75) is 6.92 Å². The smallest absolute Gasteiger partial charge is 0.127 e. The molecule has 0 saturated heterocycles. The van der Waals surface area contributed by atoms with Crippen molar-refractivity contribution in [2.75, 3.05) is 19.0 Å². The quantitative estimate of drug-likeness (QED) is 0.767. The second-order valence-electron chi connectivity index (χ2n) is 4.02. The highest BCUT2D eigenvalue weighted by atomic mass is 15.1. The van der Waals surface area contributed by atoms with E-state index in [9.17, 15) is 0 Å². The molecule has 2 aromatic heterocycles. The van der Waals surface area contributed by atoms with Gasteiger partial charge in [-0.1, -0.05) is 6.07 Å². The first kappa shape index (κ1) is 10.6. The van der Waals surface area contributed by atoms with Gasteiger partial charge in [-0.15, -0.1) is 0 Å². The molecule has 0 aromatic carbocycles. The van der Waals surface area contributed by atoms with Crippen LogP contribution in [-0.4, -0.2) is 24.1 Å². The molecular formula is C13H15N3. The standard InChI is InChI=1S/C13H15N3/c1-10-4-6-12(14-8-10)11-5-7-13(15-9-11)16(2)3/h4-9H,1-3H3. The minimum Gasteiger partial charge on any atom is -0.363 e. The summed E-state index contributed by atoms with van der Waals surface area (Å²) in [6.07, 6.45) is 3.72. The molecule has 0 spiro atoms. The average Bonchev–Trinajstić information content (AvgIpc) is 2.30. The molecule has 82 valence electrons. The minimum absolute atomic E-state index is 0.955. The van der Waals surface area contributed by atoms with E-state index >= 15 is 0 Å². The maximum atomic E-state index is 4.37. The van der Waals surface area contributed by atoms with Crippen LogP contribution >= 0.6 is 0 Å². The predicted octanol–water partition coefficient (Wildman–Crippen LogP) is 2.52. The summed E-state index contributed by atoms with van der Waals surface area (Å²) < 4.78 is 0. The maximum Gasteiger partial charge on any atom is 0.127 e. The lowest BCUT2D eigenvalue weighted by molar-refractivity contribution is 1.07. The molecule has 16 heavy (non-hydrogen) atoms. The number of hydrogen-bond acceptors (Lipinski definition) is 3. The molecule has 2 rings (SSSR count). The summed E-state index contributed by atoms with van der Waals surface area (Å²) in [7, 11) is 3.96. The number of nitrogens with zero attached hydrogens (tertiary/aromatic N) is 3. The van der Waals surface area contributed by atoms with Gasteiger partial charge in [0.1, 0.15) is 5.82 Å². The van der Waals surface area contributed by atoms with E-state index in [1.807, 2.05) is 56.5 Å². The van der Waals surface area contributed by atoms with E-state index in [2.05, 4.69) is 16.0 Å². The van der Waals surface area contributed by atoms with Crippen molar-refractivity contribution in [3.05, 3.63) is 42.2 Å². The topological polar surface area (TPSA) is 29.0 Å². The van der Waals surface area contributed by atoms with Gasteiger partial charge in [-0.2, -0.15) is 0 Å². The molecule has 0 unspecified atom stereocenters. The number of aryl methyl sites for hydroxylation is 1. The lowest BCUT2D eigenvalue weighted by atomic mass is 10.2. The first-order chi connectivity index (χ1) is 7.66. The van der Waals surface area contributed by atoms with E-state index in [4.69, 9.17) is 0 Å². The van der Waals surface area contributed by atoms with Gasteiger partial charge in [-0.05, 0) is 30.7 Å². The first-order valence-electron chi connectivity index (χ1n) is 5.23. The Bertz CT molecular complexity index is 458. The van der Waals surface area contributed by atoms with E-state index < -0.39 is 0 Å². The summed E-state index contributed by atoms with van der Waals surface area (Å²) in [5, 5.41) is 0. The average molecular weight is 213 g/mol. The van der Waals surface area contributed by atoms with Crippen molar-refractivity contribution in [1.82, 2.24) is 9.97 Å². The Labute approximate surface area is 95.8 Å². The third-order valence-corrected chi connectivity index (χ3v) is 2.41. The zero-order chi connectivity index (χ0) is 11.5. The van der Waals surface area contributed by atoms with Crippen LogP contribution in [0.4, 0.5) is 5.82 Å². The summed E-state index contributed by atoms with van der Waals surface area (Å²) in [4.78, 5) is 10.7. The van der Waals surface area contributed by atoms with Crippen molar-refractivity contribution in [2.24, 2.45) is 0 Å². The molecule has 0 aliphatic rings. The molecular weight excluding hydrogens is 198 g/mol. The van der Waals surface area contributed by atoms with Gasteiger partial charge >= 0.3 is 0 Å². The summed E-state index contributed by atoms with van der Waals surface area (Å²) in [5.41, 5.74) is 3.18. The fraction of sp³-hybridized carbons (Fsp3) is 0.231. The van der Waals surface area contributed by atoms with Crippen molar-refractivity contribution in [3.8, 4) is 11.3 Å². The number of aromatic nitrogens is 2. The Hall–Kier alpha value is -1.90. The van der Waals surface area contributed by atoms with E-state index in [0.717, 1.165) is 17.1 Å². The van der Waals surface area contributed by atoms with Crippen LogP contribution in [0.25, 0.3) is 11.3 Å². The Morgan fingerprint density at radius 3 is 2.25 bits per heavy atom. The fourth-order valence-corrected chi connectivity index (χ4v) is 1.44. The Morgan fingerprint density at radius 1 is 0.938 bits per heavy atom. The van der Waals surface area contributed by atoms with Crippen LogP contribution in [0.15, 0.2) is 36.7 Å². The number of rotatable bonds is 2. The number of anilines is 1. The van der Waals surface area contributed by atoms with E-state index in [1.165, 1.54) is 5.56 Å². The molecule has 0 saturated carbocycles. The molecule has 2 aromatic rings. The zero-order valence-electron chi connectivity index (χ0n) is 9.81. The second kappa shape index (κ2) is 4.31. The molecule has 0 atom stereocenters. The third kappa shape index (κ3) is 2.19. The Balaban J connectivity index is 2.31. The van der Waals surface area contributed by atoms with Crippen molar-refractivity contribution in [1.29, 1.82) is 0 Å². The highest BCUT2D eigenvalue weighted by Gasteiger charge is 2.01. The fourth-order valence-electron chi connectivity index (χ4n) is 1.44. The van der Waals surface area contributed by atoms with Crippen molar-refractivity contribution < 1.29 is 0 Å². The van der Waals surface area contributed by atoms with Gasteiger partial charge in [-0.3, -0.25) is 4.98 Å². The summed E-state index contributed by atoms with van der Waals surface area (Å²) in [5.74, 6) is 0.955. The van der Waals surface area contributed by atoms with Crippen LogP contribution in [0, 0.1) is 6.92 Å². The largest absolute Gasteiger partial charge is 0.363 e. The van der Waals surface area contributed by atoms with Crippen LogP contribution < -0.4 is 4.90 Å². The van der Waals surface area contributed by atoms with Gasteiger partial charge < -0.3 is 4.90 Å². The summed E-state index contributed by atoms with van der Waals surface area (Å²) in [6.45, 7) is 2.03. The highest BCUT2D eigenvalue weighted by molar-refractivity contribution is 5.59. The van der Waals surface area contributed by atoms with Gasteiger partial charge in [0.05, 0.1) is 5.69 Å². The SMILES string of the molecule is Cc1ccc(-c2ccc(N(C)C)nc2)nc1. The van der Waals surface area contributed by atoms with E-state index in [-0.39, 0.29) is 0 Å². The van der Waals surface area contributed by atoms with E-state index in [0.29, 0.717) is 0 Å². The zero-order valence-corrected chi connectivity index (χ0v) is 9.81. The molecule has 0 fully saturated rings. The van der Waals surface area contributed by atoms with Gasteiger partial charge in [0.15, 0.2) is 0 Å². The van der Waals surface area contributed by atoms with Gasteiger partial charge in [0, 0.05) is 32.1 Å². The summed E-state index contributed by atoms with van der Waals surface area (Å²) in [6, 6.07) is 8.11. The van der Waals surface area contributed by atoms with E-state index in [1.54, 1.807) is 0 Å². The molecule has 3 heteroatoms. The minimum atomic E-state index is 0.955. The molecule has 0 amide bonds. The van der Waals surface area contributed by atoms with Crippen LogP contribution in [0.5, 0.6) is 0 Å². The Kier molecular flexibility index (Phi) is 2.86.